The lowest BCUT2D eigenvalue weighted by molar-refractivity contribution is 0.578. The molecule has 0 spiro atoms. The minimum Gasteiger partial charge on any atom is -0.461 e. The first kappa shape index (κ1) is 8.49. The van der Waals surface area contributed by atoms with E-state index < -0.39 is 0 Å². The maximum atomic E-state index is 5.26. The van der Waals surface area contributed by atoms with Gasteiger partial charge < -0.3 is 9.40 Å². The molecule has 3 aromatic rings. The van der Waals surface area contributed by atoms with Gasteiger partial charge in [0.25, 0.3) is 0 Å². The molecule has 0 aromatic carbocycles. The fourth-order valence-electron chi connectivity index (χ4n) is 1.42. The molecule has 0 unspecified atom stereocenters. The van der Waals surface area contributed by atoms with Gasteiger partial charge in [0.1, 0.15) is 0 Å². The molecule has 0 saturated carbocycles. The number of thiophene rings is 1. The van der Waals surface area contributed by atoms with E-state index in [-0.39, 0.29) is 0 Å². The predicted octanol–water partition coefficient (Wildman–Crippen LogP) is 3.40. The van der Waals surface area contributed by atoms with Crippen LogP contribution in [0.5, 0.6) is 0 Å². The van der Waals surface area contributed by atoms with E-state index in [9.17, 15) is 0 Å². The van der Waals surface area contributed by atoms with Crippen molar-refractivity contribution in [3.05, 3.63) is 42.1 Å². The van der Waals surface area contributed by atoms with Crippen molar-refractivity contribution in [2.75, 3.05) is 0 Å². The van der Waals surface area contributed by atoms with Crippen LogP contribution in [0, 0.1) is 0 Å². The lowest BCUT2D eigenvalue weighted by Gasteiger charge is -1.90. The SMILES string of the molecule is c1coc(-c2ncc(-c3cccs3)[nH]2)c1. The van der Waals surface area contributed by atoms with Crippen molar-refractivity contribution in [2.45, 2.75) is 0 Å². The summed E-state index contributed by atoms with van der Waals surface area (Å²) in [4.78, 5) is 8.68. The molecule has 0 atom stereocenters. The van der Waals surface area contributed by atoms with Crippen molar-refractivity contribution in [1.29, 1.82) is 0 Å². The zero-order chi connectivity index (χ0) is 10.1. The first-order valence-corrected chi connectivity index (χ1v) is 5.44. The van der Waals surface area contributed by atoms with E-state index in [1.54, 1.807) is 17.6 Å². The largest absolute Gasteiger partial charge is 0.461 e. The molecule has 0 amide bonds. The number of nitrogens with zero attached hydrogens (tertiary/aromatic N) is 1. The fourth-order valence-corrected chi connectivity index (χ4v) is 2.11. The van der Waals surface area contributed by atoms with Crippen molar-refractivity contribution in [3.63, 3.8) is 0 Å². The molecule has 0 bridgehead atoms. The summed E-state index contributed by atoms with van der Waals surface area (Å²) in [7, 11) is 0. The molecule has 0 radical (unpaired) electrons. The second-order valence-corrected chi connectivity index (χ2v) is 4.05. The topological polar surface area (TPSA) is 41.8 Å². The molecule has 3 aromatic heterocycles. The molecular weight excluding hydrogens is 208 g/mol. The predicted molar refractivity (Wildman–Crippen MR) is 59.6 cm³/mol. The normalized spacial score (nSPS) is 10.7. The average molecular weight is 216 g/mol. The van der Waals surface area contributed by atoms with Gasteiger partial charge in [0.05, 0.1) is 23.0 Å². The first-order chi connectivity index (χ1) is 7.43. The summed E-state index contributed by atoms with van der Waals surface area (Å²) >= 11 is 1.68. The Labute approximate surface area is 90.4 Å². The van der Waals surface area contributed by atoms with Crippen molar-refractivity contribution < 1.29 is 4.42 Å². The van der Waals surface area contributed by atoms with Crippen LogP contribution in [0.4, 0.5) is 0 Å². The van der Waals surface area contributed by atoms with Gasteiger partial charge in [0.15, 0.2) is 11.6 Å². The third kappa shape index (κ3) is 1.49. The monoisotopic (exact) mass is 216 g/mol. The lowest BCUT2D eigenvalue weighted by Crippen LogP contribution is -1.75. The van der Waals surface area contributed by atoms with Crippen molar-refractivity contribution in [1.82, 2.24) is 9.97 Å². The highest BCUT2D eigenvalue weighted by molar-refractivity contribution is 7.13. The van der Waals surface area contributed by atoms with Crippen molar-refractivity contribution in [3.8, 4) is 22.2 Å². The molecule has 15 heavy (non-hydrogen) atoms. The average Bonchev–Trinajstić information content (AvgIpc) is 3.02. The maximum absolute atomic E-state index is 5.26. The standard InChI is InChI=1S/C11H8N2OS/c1-3-9(14-5-1)11-12-7-8(13-11)10-4-2-6-15-10/h1-7H,(H,12,13). The summed E-state index contributed by atoms with van der Waals surface area (Å²) < 4.78 is 5.26. The molecule has 3 nitrogen and oxygen atoms in total. The third-order valence-corrected chi connectivity index (χ3v) is 3.02. The molecule has 0 aliphatic heterocycles. The van der Waals surface area contributed by atoms with Crippen LogP contribution in [0.15, 0.2) is 46.5 Å². The smallest absolute Gasteiger partial charge is 0.173 e. The number of hydrogen-bond acceptors (Lipinski definition) is 3. The minimum absolute atomic E-state index is 0.762. The Morgan fingerprint density at radius 3 is 3.00 bits per heavy atom. The van der Waals surface area contributed by atoms with E-state index in [2.05, 4.69) is 16.0 Å². The number of aromatic nitrogens is 2. The van der Waals surface area contributed by atoms with Gasteiger partial charge in [-0.3, -0.25) is 0 Å². The van der Waals surface area contributed by atoms with E-state index in [0.717, 1.165) is 17.3 Å². The van der Waals surface area contributed by atoms with Crippen molar-refractivity contribution in [2.24, 2.45) is 0 Å². The molecule has 3 rings (SSSR count). The number of imidazole rings is 1. The number of nitrogens with one attached hydrogen (secondary N) is 1. The summed E-state index contributed by atoms with van der Waals surface area (Å²) in [6.07, 6.45) is 3.46. The zero-order valence-corrected chi connectivity index (χ0v) is 8.62. The van der Waals surface area contributed by atoms with E-state index in [4.69, 9.17) is 4.42 Å². The van der Waals surface area contributed by atoms with Crippen LogP contribution in [0.25, 0.3) is 22.2 Å². The molecule has 1 N–H and O–H groups in total. The second-order valence-electron chi connectivity index (χ2n) is 3.10. The van der Waals surface area contributed by atoms with E-state index in [1.165, 1.54) is 4.88 Å². The highest BCUT2D eigenvalue weighted by Crippen LogP contribution is 2.25. The second kappa shape index (κ2) is 3.40. The van der Waals surface area contributed by atoms with Gasteiger partial charge in [0.2, 0.25) is 0 Å². The van der Waals surface area contributed by atoms with E-state index in [1.807, 2.05) is 29.8 Å². The quantitative estimate of drug-likeness (QED) is 0.713. The first-order valence-electron chi connectivity index (χ1n) is 4.56. The molecule has 0 saturated heterocycles. The molecule has 74 valence electrons. The molecule has 0 aliphatic rings. The van der Waals surface area contributed by atoms with Crippen LogP contribution in [0.1, 0.15) is 0 Å². The number of rotatable bonds is 2. The minimum atomic E-state index is 0.762. The van der Waals surface area contributed by atoms with Gasteiger partial charge in [-0.25, -0.2) is 4.98 Å². The Morgan fingerprint density at radius 2 is 2.27 bits per heavy atom. The Kier molecular flexibility index (Phi) is 1.93. The summed E-state index contributed by atoms with van der Waals surface area (Å²) in [5, 5.41) is 2.04. The van der Waals surface area contributed by atoms with Crippen LogP contribution in [0.3, 0.4) is 0 Å². The van der Waals surface area contributed by atoms with Crippen LogP contribution in [0.2, 0.25) is 0 Å². The van der Waals surface area contributed by atoms with Crippen LogP contribution >= 0.6 is 11.3 Å². The summed E-state index contributed by atoms with van der Waals surface area (Å²) in [6.45, 7) is 0. The highest BCUT2D eigenvalue weighted by Gasteiger charge is 2.07. The van der Waals surface area contributed by atoms with Gasteiger partial charge >= 0.3 is 0 Å². The van der Waals surface area contributed by atoms with Gasteiger partial charge in [-0.1, -0.05) is 6.07 Å². The summed E-state index contributed by atoms with van der Waals surface area (Å²) in [5.41, 5.74) is 1.02. The maximum Gasteiger partial charge on any atom is 0.173 e. The Hall–Kier alpha value is -1.81. The van der Waals surface area contributed by atoms with E-state index in [0.29, 0.717) is 0 Å². The van der Waals surface area contributed by atoms with Gasteiger partial charge in [-0.2, -0.15) is 0 Å². The number of furan rings is 1. The Morgan fingerprint density at radius 1 is 1.27 bits per heavy atom. The third-order valence-electron chi connectivity index (χ3n) is 2.12. The Balaban J connectivity index is 2.02. The van der Waals surface area contributed by atoms with Crippen LogP contribution in [-0.2, 0) is 0 Å². The van der Waals surface area contributed by atoms with Gasteiger partial charge in [-0.05, 0) is 23.6 Å². The van der Waals surface area contributed by atoms with Crippen LogP contribution in [-0.4, -0.2) is 9.97 Å². The molecule has 3 heterocycles. The number of H-pyrrole nitrogens is 1. The molecule has 0 aliphatic carbocycles. The molecule has 4 heteroatoms. The lowest BCUT2D eigenvalue weighted by atomic mass is 10.4. The van der Waals surface area contributed by atoms with Crippen LogP contribution < -0.4 is 0 Å². The van der Waals surface area contributed by atoms with Gasteiger partial charge in [-0.15, -0.1) is 11.3 Å². The summed E-state index contributed by atoms with van der Waals surface area (Å²) in [5.74, 6) is 1.53. The van der Waals surface area contributed by atoms with E-state index >= 15 is 0 Å². The molecule has 0 fully saturated rings. The summed E-state index contributed by atoms with van der Waals surface area (Å²) in [6, 6.07) is 7.82. The van der Waals surface area contributed by atoms with Crippen molar-refractivity contribution >= 4 is 11.3 Å². The zero-order valence-electron chi connectivity index (χ0n) is 7.81. The number of aromatic amines is 1. The van der Waals surface area contributed by atoms with Gasteiger partial charge in [0, 0.05) is 0 Å². The number of hydrogen-bond donors (Lipinski definition) is 1. The Bertz CT molecular complexity index is 488. The molecular formula is C11H8N2OS. The fraction of sp³-hybridized carbons (Fsp3) is 0. The highest BCUT2D eigenvalue weighted by atomic mass is 32.1.